The van der Waals surface area contributed by atoms with E-state index in [0.29, 0.717) is 11.5 Å². The van der Waals surface area contributed by atoms with Crippen LogP contribution >= 0.6 is 11.6 Å². The first-order valence-corrected chi connectivity index (χ1v) is 9.70. The zero-order valence-corrected chi connectivity index (χ0v) is 15.9. The molecule has 7 heteroatoms. The van der Waals surface area contributed by atoms with E-state index in [1.54, 1.807) is 44.6 Å². The van der Waals surface area contributed by atoms with E-state index in [2.05, 4.69) is 0 Å². The average molecular weight is 382 g/mol. The maximum Gasteiger partial charge on any atom is 0.243 e. The molecule has 0 amide bonds. The molecule has 0 spiro atoms. The Kier molecular flexibility index (Phi) is 4.95. The Hall–Kier alpha value is -1.76. The quantitative estimate of drug-likeness (QED) is 0.760. The van der Waals surface area contributed by atoms with E-state index < -0.39 is 15.4 Å². The average Bonchev–Trinajstić information content (AvgIpc) is 2.60. The maximum atomic E-state index is 12.9. The minimum absolute atomic E-state index is 0.209. The number of nitrogens with zero attached hydrogens (tertiary/aromatic N) is 1. The van der Waals surface area contributed by atoms with Crippen LogP contribution in [-0.2, 0) is 16.6 Å². The molecule has 1 atom stereocenters. The Balaban J connectivity index is 1.99. The molecule has 0 fully saturated rings. The van der Waals surface area contributed by atoms with Crippen LogP contribution < -0.4 is 9.47 Å². The SMILES string of the molecule is COc1cc2c(cc1OC)C(Cl)CN(S(=O)(=O)c1ccc(C)cc1)C2. The van der Waals surface area contributed by atoms with Crippen LogP contribution in [0.2, 0.25) is 0 Å². The summed E-state index contributed by atoms with van der Waals surface area (Å²) >= 11 is 6.48. The summed E-state index contributed by atoms with van der Waals surface area (Å²) in [6.45, 7) is 2.37. The van der Waals surface area contributed by atoms with Gasteiger partial charge in [0.05, 0.1) is 24.5 Å². The summed E-state index contributed by atoms with van der Waals surface area (Å²) in [6.07, 6.45) is 0. The lowest BCUT2D eigenvalue weighted by Crippen LogP contribution is -2.37. The number of rotatable bonds is 4. The third-order valence-corrected chi connectivity index (χ3v) is 6.55. The molecule has 0 saturated carbocycles. The largest absolute Gasteiger partial charge is 0.493 e. The van der Waals surface area contributed by atoms with Gasteiger partial charge in [-0.2, -0.15) is 4.31 Å². The lowest BCUT2D eigenvalue weighted by molar-refractivity contribution is 0.347. The number of halogens is 1. The van der Waals surface area contributed by atoms with Crippen LogP contribution in [0.15, 0.2) is 41.3 Å². The fourth-order valence-corrected chi connectivity index (χ4v) is 4.82. The smallest absolute Gasteiger partial charge is 0.243 e. The standard InChI is InChI=1S/C18H20ClNO4S/c1-12-4-6-14(7-5-12)25(21,22)20-10-13-8-17(23-2)18(24-3)9-15(13)16(19)11-20/h4-9,16H,10-11H2,1-3H3. The van der Waals surface area contributed by atoms with Crippen molar-refractivity contribution in [2.75, 3.05) is 20.8 Å². The molecule has 2 aromatic carbocycles. The first kappa shape index (κ1) is 18.0. The number of benzene rings is 2. The second-order valence-electron chi connectivity index (χ2n) is 5.98. The van der Waals surface area contributed by atoms with Crippen molar-refractivity contribution in [1.29, 1.82) is 0 Å². The highest BCUT2D eigenvalue weighted by molar-refractivity contribution is 7.89. The summed E-state index contributed by atoms with van der Waals surface area (Å²) in [7, 11) is -0.505. The van der Waals surface area contributed by atoms with Crippen LogP contribution in [0.4, 0.5) is 0 Å². The van der Waals surface area contributed by atoms with Gasteiger partial charge in [-0.15, -0.1) is 11.6 Å². The van der Waals surface area contributed by atoms with Crippen molar-refractivity contribution in [2.45, 2.75) is 23.7 Å². The molecule has 0 aromatic heterocycles. The van der Waals surface area contributed by atoms with E-state index in [1.807, 2.05) is 13.0 Å². The summed E-state index contributed by atoms with van der Waals surface area (Å²) in [5, 5.41) is -0.455. The molecule has 0 N–H and O–H groups in total. The molecule has 25 heavy (non-hydrogen) atoms. The van der Waals surface area contributed by atoms with Crippen LogP contribution in [0.5, 0.6) is 11.5 Å². The number of methoxy groups -OCH3 is 2. The number of hydrogen-bond acceptors (Lipinski definition) is 4. The number of sulfonamides is 1. The lowest BCUT2D eigenvalue weighted by Gasteiger charge is -2.31. The lowest BCUT2D eigenvalue weighted by atomic mass is 10.00. The molecule has 134 valence electrons. The zero-order valence-electron chi connectivity index (χ0n) is 14.3. The van der Waals surface area contributed by atoms with Crippen molar-refractivity contribution in [1.82, 2.24) is 4.31 Å². The predicted molar refractivity (Wildman–Crippen MR) is 96.9 cm³/mol. The first-order chi connectivity index (χ1) is 11.9. The van der Waals surface area contributed by atoms with E-state index in [0.717, 1.165) is 16.7 Å². The van der Waals surface area contributed by atoms with Crippen molar-refractivity contribution < 1.29 is 17.9 Å². The van der Waals surface area contributed by atoms with Crippen molar-refractivity contribution in [3.05, 3.63) is 53.1 Å². The van der Waals surface area contributed by atoms with Gasteiger partial charge in [0, 0.05) is 13.1 Å². The Morgan fingerprint density at radius 1 is 1.08 bits per heavy atom. The van der Waals surface area contributed by atoms with E-state index in [9.17, 15) is 8.42 Å². The molecule has 1 heterocycles. The molecule has 0 bridgehead atoms. The van der Waals surface area contributed by atoms with Crippen LogP contribution in [0.25, 0.3) is 0 Å². The van der Waals surface area contributed by atoms with Gasteiger partial charge in [0.15, 0.2) is 11.5 Å². The monoisotopic (exact) mass is 381 g/mol. The maximum absolute atomic E-state index is 12.9. The molecule has 5 nitrogen and oxygen atoms in total. The summed E-state index contributed by atoms with van der Waals surface area (Å²) in [6, 6.07) is 10.4. The molecule has 3 rings (SSSR count). The van der Waals surface area contributed by atoms with Gasteiger partial charge in [-0.3, -0.25) is 0 Å². The Morgan fingerprint density at radius 3 is 2.28 bits per heavy atom. The van der Waals surface area contributed by atoms with Crippen LogP contribution in [0, 0.1) is 6.92 Å². The number of hydrogen-bond donors (Lipinski definition) is 0. The predicted octanol–water partition coefficient (Wildman–Crippen LogP) is 3.50. The topological polar surface area (TPSA) is 55.8 Å². The number of alkyl halides is 1. The van der Waals surface area contributed by atoms with Crippen LogP contribution in [0.3, 0.4) is 0 Å². The number of aryl methyl sites for hydroxylation is 1. The van der Waals surface area contributed by atoms with Gasteiger partial charge in [0.25, 0.3) is 0 Å². The highest BCUT2D eigenvalue weighted by Gasteiger charge is 2.33. The first-order valence-electron chi connectivity index (χ1n) is 7.82. The van der Waals surface area contributed by atoms with Gasteiger partial charge >= 0.3 is 0 Å². The minimum atomic E-state index is -3.61. The fraction of sp³-hybridized carbons (Fsp3) is 0.333. The van der Waals surface area contributed by atoms with E-state index in [1.165, 1.54) is 4.31 Å². The highest BCUT2D eigenvalue weighted by Crippen LogP contribution is 2.40. The number of fused-ring (bicyclic) bond motifs is 1. The van der Waals surface area contributed by atoms with Crippen LogP contribution in [0.1, 0.15) is 22.1 Å². The molecule has 1 unspecified atom stereocenters. The van der Waals surface area contributed by atoms with Crippen molar-refractivity contribution in [3.63, 3.8) is 0 Å². The van der Waals surface area contributed by atoms with Gasteiger partial charge in [0.1, 0.15) is 0 Å². The van der Waals surface area contributed by atoms with E-state index >= 15 is 0 Å². The van der Waals surface area contributed by atoms with E-state index in [4.69, 9.17) is 21.1 Å². The second kappa shape index (κ2) is 6.86. The Morgan fingerprint density at radius 2 is 1.68 bits per heavy atom. The van der Waals surface area contributed by atoms with Crippen LogP contribution in [-0.4, -0.2) is 33.5 Å². The van der Waals surface area contributed by atoms with Gasteiger partial charge in [-0.1, -0.05) is 17.7 Å². The molecule has 2 aromatic rings. The molecular weight excluding hydrogens is 362 g/mol. The Bertz CT molecular complexity index is 881. The number of ether oxygens (including phenoxy) is 2. The molecule has 1 aliphatic heterocycles. The van der Waals surface area contributed by atoms with Crippen molar-refractivity contribution in [2.24, 2.45) is 0 Å². The van der Waals surface area contributed by atoms with Gasteiger partial charge < -0.3 is 9.47 Å². The molecular formula is C18H20ClNO4S. The fourth-order valence-electron chi connectivity index (χ4n) is 2.94. The highest BCUT2D eigenvalue weighted by atomic mass is 35.5. The molecule has 0 saturated heterocycles. The Labute approximate surface area is 153 Å². The zero-order chi connectivity index (χ0) is 18.2. The summed E-state index contributed by atoms with van der Waals surface area (Å²) < 4.78 is 37.9. The molecule has 0 radical (unpaired) electrons. The molecule has 1 aliphatic rings. The summed E-state index contributed by atoms with van der Waals surface area (Å²) in [5.41, 5.74) is 2.70. The third kappa shape index (κ3) is 3.34. The van der Waals surface area contributed by atoms with E-state index in [-0.39, 0.29) is 18.0 Å². The normalized spacial score (nSPS) is 17.8. The molecule has 0 aliphatic carbocycles. The van der Waals surface area contributed by atoms with Gasteiger partial charge in [-0.25, -0.2) is 8.42 Å². The van der Waals surface area contributed by atoms with Gasteiger partial charge in [0.2, 0.25) is 10.0 Å². The van der Waals surface area contributed by atoms with Crippen molar-refractivity contribution in [3.8, 4) is 11.5 Å². The second-order valence-corrected chi connectivity index (χ2v) is 8.45. The summed E-state index contributed by atoms with van der Waals surface area (Å²) in [4.78, 5) is 0.269. The summed E-state index contributed by atoms with van der Waals surface area (Å²) in [5.74, 6) is 1.14. The minimum Gasteiger partial charge on any atom is -0.493 e. The van der Waals surface area contributed by atoms with Crippen molar-refractivity contribution >= 4 is 21.6 Å². The third-order valence-electron chi connectivity index (χ3n) is 4.35. The van der Waals surface area contributed by atoms with Gasteiger partial charge in [-0.05, 0) is 42.3 Å².